The van der Waals surface area contributed by atoms with Gasteiger partial charge in [-0.2, -0.15) is 0 Å². The molecule has 0 aliphatic heterocycles. The summed E-state index contributed by atoms with van der Waals surface area (Å²) in [5, 5.41) is 4.09. The van der Waals surface area contributed by atoms with Crippen LogP contribution in [0.3, 0.4) is 0 Å². The normalized spacial score (nSPS) is 10.6. The molecule has 0 fully saturated rings. The molecular weight excluding hydrogens is 405 g/mol. The lowest BCUT2D eigenvalue weighted by atomic mass is 10.4. The van der Waals surface area contributed by atoms with E-state index in [-0.39, 0.29) is 0 Å². The summed E-state index contributed by atoms with van der Waals surface area (Å²) in [6.07, 6.45) is 2.93. The minimum Gasteiger partial charge on any atom is -0.369 e. The number of nitrogens with zero attached hydrogens (tertiary/aromatic N) is 2. The SMILES string of the molecule is CCCNc1nc(CSc2ccccc2Cl)ncc1I. The zero-order chi connectivity index (χ0) is 14.4. The third-order valence-electron chi connectivity index (χ3n) is 2.53. The standard InChI is InChI=1S/C14H15ClIN3S/c1-2-7-17-14-11(16)8-18-13(19-14)9-20-12-6-4-3-5-10(12)15/h3-6,8H,2,7,9H2,1H3,(H,17,18,19). The van der Waals surface area contributed by atoms with Crippen molar-refractivity contribution in [1.82, 2.24) is 9.97 Å². The van der Waals surface area contributed by atoms with Crippen LogP contribution in [0.15, 0.2) is 35.4 Å². The lowest BCUT2D eigenvalue weighted by Gasteiger charge is -2.08. The van der Waals surface area contributed by atoms with Gasteiger partial charge < -0.3 is 5.32 Å². The molecule has 0 unspecified atom stereocenters. The molecule has 1 heterocycles. The maximum atomic E-state index is 6.14. The fourth-order valence-electron chi connectivity index (χ4n) is 1.54. The highest BCUT2D eigenvalue weighted by Gasteiger charge is 2.06. The fourth-order valence-corrected chi connectivity index (χ4v) is 3.10. The predicted molar refractivity (Wildman–Crippen MR) is 94.5 cm³/mol. The number of nitrogens with one attached hydrogen (secondary N) is 1. The van der Waals surface area contributed by atoms with E-state index < -0.39 is 0 Å². The lowest BCUT2D eigenvalue weighted by molar-refractivity contribution is 0.946. The summed E-state index contributed by atoms with van der Waals surface area (Å²) in [7, 11) is 0. The summed E-state index contributed by atoms with van der Waals surface area (Å²) in [6, 6.07) is 7.82. The van der Waals surface area contributed by atoms with E-state index in [1.54, 1.807) is 11.8 Å². The second-order valence-corrected chi connectivity index (χ2v) is 6.72. The van der Waals surface area contributed by atoms with E-state index in [0.29, 0.717) is 5.75 Å². The molecule has 0 aliphatic rings. The second-order valence-electron chi connectivity index (χ2n) is 4.13. The first-order valence-electron chi connectivity index (χ1n) is 6.33. The van der Waals surface area contributed by atoms with Gasteiger partial charge in [-0.15, -0.1) is 11.8 Å². The molecule has 0 atom stereocenters. The fraction of sp³-hybridized carbons (Fsp3) is 0.286. The van der Waals surface area contributed by atoms with E-state index in [0.717, 1.165) is 38.1 Å². The van der Waals surface area contributed by atoms with Crippen molar-refractivity contribution < 1.29 is 0 Å². The molecular formula is C14H15ClIN3S. The number of hydrogen-bond acceptors (Lipinski definition) is 4. The van der Waals surface area contributed by atoms with Gasteiger partial charge in [0.2, 0.25) is 0 Å². The maximum Gasteiger partial charge on any atom is 0.143 e. The number of rotatable bonds is 6. The van der Waals surface area contributed by atoms with Crippen LogP contribution in [0.5, 0.6) is 0 Å². The van der Waals surface area contributed by atoms with Crippen molar-refractivity contribution in [3.63, 3.8) is 0 Å². The van der Waals surface area contributed by atoms with Gasteiger partial charge >= 0.3 is 0 Å². The van der Waals surface area contributed by atoms with Crippen LogP contribution in [0.25, 0.3) is 0 Å². The molecule has 0 saturated carbocycles. The van der Waals surface area contributed by atoms with Crippen molar-refractivity contribution in [3.8, 4) is 0 Å². The van der Waals surface area contributed by atoms with Crippen molar-refractivity contribution in [2.75, 3.05) is 11.9 Å². The van der Waals surface area contributed by atoms with Crippen molar-refractivity contribution in [2.45, 2.75) is 24.0 Å². The first-order chi connectivity index (χ1) is 9.70. The number of aromatic nitrogens is 2. The minimum atomic E-state index is 0.710. The zero-order valence-corrected chi connectivity index (χ0v) is 14.8. The number of halogens is 2. The Kier molecular flexibility index (Phi) is 6.38. The second kappa shape index (κ2) is 8.05. The van der Waals surface area contributed by atoms with Crippen molar-refractivity contribution in [2.24, 2.45) is 0 Å². The Balaban J connectivity index is 2.04. The molecule has 6 heteroatoms. The monoisotopic (exact) mass is 419 g/mol. The van der Waals surface area contributed by atoms with Crippen LogP contribution in [0.1, 0.15) is 19.2 Å². The minimum absolute atomic E-state index is 0.710. The summed E-state index contributed by atoms with van der Waals surface area (Å²) in [4.78, 5) is 9.99. The average molecular weight is 420 g/mol. The zero-order valence-electron chi connectivity index (χ0n) is 11.1. The molecule has 0 aliphatic carbocycles. The highest BCUT2D eigenvalue weighted by Crippen LogP contribution is 2.29. The third-order valence-corrected chi connectivity index (χ3v) is 4.83. The van der Waals surface area contributed by atoms with Gasteiger partial charge in [0, 0.05) is 17.6 Å². The molecule has 0 saturated heterocycles. The summed E-state index contributed by atoms with van der Waals surface area (Å²) < 4.78 is 1.04. The van der Waals surface area contributed by atoms with E-state index in [1.165, 1.54) is 0 Å². The highest BCUT2D eigenvalue weighted by molar-refractivity contribution is 14.1. The van der Waals surface area contributed by atoms with Crippen molar-refractivity contribution >= 4 is 51.8 Å². The van der Waals surface area contributed by atoms with Crippen LogP contribution in [0, 0.1) is 3.57 Å². The quantitative estimate of drug-likeness (QED) is 0.536. The molecule has 1 aromatic heterocycles. The number of anilines is 1. The smallest absolute Gasteiger partial charge is 0.143 e. The first-order valence-corrected chi connectivity index (χ1v) is 8.77. The predicted octanol–water partition coefficient (Wildman–Crippen LogP) is 4.85. The molecule has 106 valence electrons. The molecule has 2 aromatic rings. The van der Waals surface area contributed by atoms with Gasteiger partial charge in [0.05, 0.1) is 14.3 Å². The molecule has 1 N–H and O–H groups in total. The van der Waals surface area contributed by atoms with Crippen LogP contribution >= 0.6 is 46.0 Å². The number of thioether (sulfide) groups is 1. The van der Waals surface area contributed by atoms with Crippen molar-refractivity contribution in [3.05, 3.63) is 44.9 Å². The first kappa shape index (κ1) is 15.9. The summed E-state index contributed by atoms with van der Waals surface area (Å²) >= 11 is 10.0. The Morgan fingerprint density at radius 1 is 1.35 bits per heavy atom. The van der Waals surface area contributed by atoms with E-state index in [2.05, 4.69) is 44.8 Å². The van der Waals surface area contributed by atoms with E-state index >= 15 is 0 Å². The Hall–Kier alpha value is -0.530. The summed E-state index contributed by atoms with van der Waals surface area (Å²) in [5.74, 6) is 2.44. The highest BCUT2D eigenvalue weighted by atomic mass is 127. The van der Waals surface area contributed by atoms with Gasteiger partial charge in [-0.1, -0.05) is 30.7 Å². The van der Waals surface area contributed by atoms with Gasteiger partial charge in [-0.3, -0.25) is 0 Å². The number of benzene rings is 1. The Labute approximate surface area is 142 Å². The molecule has 3 nitrogen and oxygen atoms in total. The topological polar surface area (TPSA) is 37.8 Å². The summed E-state index contributed by atoms with van der Waals surface area (Å²) in [6.45, 7) is 3.05. The van der Waals surface area contributed by atoms with Crippen LogP contribution in [0.2, 0.25) is 5.02 Å². The van der Waals surface area contributed by atoms with Gasteiger partial charge in [0.1, 0.15) is 11.6 Å². The average Bonchev–Trinajstić information content (AvgIpc) is 2.46. The van der Waals surface area contributed by atoms with E-state index in [4.69, 9.17) is 11.6 Å². The Morgan fingerprint density at radius 3 is 2.90 bits per heavy atom. The maximum absolute atomic E-state index is 6.14. The number of hydrogen-bond donors (Lipinski definition) is 1. The molecule has 2 rings (SSSR count). The lowest BCUT2D eigenvalue weighted by Crippen LogP contribution is -2.06. The Morgan fingerprint density at radius 2 is 2.15 bits per heavy atom. The van der Waals surface area contributed by atoms with Crippen LogP contribution in [-0.2, 0) is 5.75 Å². The molecule has 0 spiro atoms. The van der Waals surface area contributed by atoms with Crippen molar-refractivity contribution in [1.29, 1.82) is 0 Å². The molecule has 20 heavy (non-hydrogen) atoms. The van der Waals surface area contributed by atoms with Gasteiger partial charge in [-0.05, 0) is 41.1 Å². The molecule has 1 aromatic carbocycles. The molecule has 0 amide bonds. The summed E-state index contributed by atoms with van der Waals surface area (Å²) in [5.41, 5.74) is 0. The third kappa shape index (κ3) is 4.49. The van der Waals surface area contributed by atoms with E-state index in [1.807, 2.05) is 30.5 Å². The largest absolute Gasteiger partial charge is 0.369 e. The molecule has 0 radical (unpaired) electrons. The van der Waals surface area contributed by atoms with Gasteiger partial charge in [0.25, 0.3) is 0 Å². The van der Waals surface area contributed by atoms with Crippen LogP contribution < -0.4 is 5.32 Å². The molecule has 0 bridgehead atoms. The van der Waals surface area contributed by atoms with Gasteiger partial charge in [0.15, 0.2) is 0 Å². The van der Waals surface area contributed by atoms with Gasteiger partial charge in [-0.25, -0.2) is 9.97 Å². The van der Waals surface area contributed by atoms with E-state index in [9.17, 15) is 0 Å². The van der Waals surface area contributed by atoms with Crippen LogP contribution in [0.4, 0.5) is 5.82 Å². The Bertz CT molecular complexity index is 580. The van der Waals surface area contributed by atoms with Crippen LogP contribution in [-0.4, -0.2) is 16.5 Å².